The minimum Gasteiger partial charge on any atom is -0.237 e. The van der Waals surface area contributed by atoms with Gasteiger partial charge in [0.2, 0.25) is 0 Å². The van der Waals surface area contributed by atoms with Gasteiger partial charge in [-0.25, -0.2) is 9.97 Å². The van der Waals surface area contributed by atoms with Gasteiger partial charge in [0.15, 0.2) is 0 Å². The summed E-state index contributed by atoms with van der Waals surface area (Å²) in [7, 11) is 0. The topological polar surface area (TPSA) is 25.8 Å². The zero-order valence-electron chi connectivity index (χ0n) is 10.3. The van der Waals surface area contributed by atoms with Gasteiger partial charge in [-0.3, -0.25) is 0 Å². The van der Waals surface area contributed by atoms with Crippen molar-refractivity contribution in [3.8, 4) is 0 Å². The van der Waals surface area contributed by atoms with Crippen LogP contribution in [0.2, 0.25) is 5.15 Å². The van der Waals surface area contributed by atoms with Crippen LogP contribution in [0.25, 0.3) is 0 Å². The summed E-state index contributed by atoms with van der Waals surface area (Å²) >= 11 is 6.18. The Labute approximate surface area is 97.1 Å². The standard InChI is InChI=1S/C12H19ClN2/c1-7(2)9-8(3)14-11(12(4,5)6)15-10(9)13/h7H,1-6H3. The van der Waals surface area contributed by atoms with Crippen LogP contribution in [0.1, 0.15) is 57.6 Å². The Balaban J connectivity index is 3.32. The molecule has 0 aromatic carbocycles. The average molecular weight is 227 g/mol. The molecule has 0 aliphatic heterocycles. The zero-order valence-corrected chi connectivity index (χ0v) is 11.1. The van der Waals surface area contributed by atoms with Crippen molar-refractivity contribution < 1.29 is 0 Å². The molecule has 0 saturated heterocycles. The Kier molecular flexibility index (Phi) is 3.39. The van der Waals surface area contributed by atoms with Crippen LogP contribution in [-0.2, 0) is 5.41 Å². The van der Waals surface area contributed by atoms with Crippen LogP contribution < -0.4 is 0 Å². The quantitative estimate of drug-likeness (QED) is 0.680. The van der Waals surface area contributed by atoms with Crippen LogP contribution in [0.4, 0.5) is 0 Å². The third kappa shape index (κ3) is 2.69. The number of halogens is 1. The fourth-order valence-corrected chi connectivity index (χ4v) is 1.97. The van der Waals surface area contributed by atoms with Crippen molar-refractivity contribution in [1.82, 2.24) is 9.97 Å². The number of hydrogen-bond acceptors (Lipinski definition) is 2. The normalized spacial score (nSPS) is 12.3. The van der Waals surface area contributed by atoms with E-state index in [0.29, 0.717) is 11.1 Å². The van der Waals surface area contributed by atoms with Gasteiger partial charge >= 0.3 is 0 Å². The highest BCUT2D eigenvalue weighted by molar-refractivity contribution is 6.30. The highest BCUT2D eigenvalue weighted by Gasteiger charge is 2.21. The largest absolute Gasteiger partial charge is 0.237 e. The second-order valence-corrected chi connectivity index (χ2v) is 5.60. The summed E-state index contributed by atoms with van der Waals surface area (Å²) in [6, 6.07) is 0. The van der Waals surface area contributed by atoms with E-state index in [-0.39, 0.29) is 5.41 Å². The van der Waals surface area contributed by atoms with Gasteiger partial charge in [-0.05, 0) is 12.8 Å². The van der Waals surface area contributed by atoms with Crippen molar-refractivity contribution in [2.24, 2.45) is 0 Å². The third-order valence-corrected chi connectivity index (χ3v) is 2.63. The van der Waals surface area contributed by atoms with Crippen molar-refractivity contribution in [2.75, 3.05) is 0 Å². The van der Waals surface area contributed by atoms with Crippen molar-refractivity contribution in [3.63, 3.8) is 0 Å². The Bertz CT molecular complexity index is 341. The van der Waals surface area contributed by atoms with Crippen molar-refractivity contribution in [2.45, 2.75) is 52.9 Å². The van der Waals surface area contributed by atoms with Crippen molar-refractivity contribution in [3.05, 3.63) is 22.2 Å². The van der Waals surface area contributed by atoms with Crippen LogP contribution >= 0.6 is 11.6 Å². The molecule has 0 saturated carbocycles. The van der Waals surface area contributed by atoms with Crippen LogP contribution in [-0.4, -0.2) is 9.97 Å². The van der Waals surface area contributed by atoms with E-state index in [4.69, 9.17) is 11.6 Å². The van der Waals surface area contributed by atoms with E-state index in [1.54, 1.807) is 0 Å². The molecule has 1 aromatic heterocycles. The fraction of sp³-hybridized carbons (Fsp3) is 0.667. The number of hydrogen-bond donors (Lipinski definition) is 0. The van der Waals surface area contributed by atoms with Crippen molar-refractivity contribution >= 4 is 11.6 Å². The summed E-state index contributed by atoms with van der Waals surface area (Å²) in [5, 5.41) is 0.599. The molecule has 0 atom stereocenters. The lowest BCUT2D eigenvalue weighted by atomic mass is 9.94. The van der Waals surface area contributed by atoms with Crippen LogP contribution in [0.3, 0.4) is 0 Å². The Hall–Kier alpha value is -0.630. The van der Waals surface area contributed by atoms with E-state index in [1.807, 2.05) is 6.92 Å². The first kappa shape index (κ1) is 12.4. The molecule has 0 N–H and O–H groups in total. The molecule has 84 valence electrons. The van der Waals surface area contributed by atoms with E-state index in [2.05, 4.69) is 44.6 Å². The molecule has 0 aliphatic carbocycles. The van der Waals surface area contributed by atoms with Gasteiger partial charge in [0.25, 0.3) is 0 Å². The average Bonchev–Trinajstić information content (AvgIpc) is 1.99. The molecule has 0 aliphatic rings. The van der Waals surface area contributed by atoms with Crippen LogP contribution in [0.5, 0.6) is 0 Å². The Morgan fingerprint density at radius 3 is 2.00 bits per heavy atom. The lowest BCUT2D eigenvalue weighted by Gasteiger charge is -2.19. The maximum absolute atomic E-state index is 6.18. The molecule has 0 bridgehead atoms. The first-order chi connectivity index (χ1) is 6.73. The van der Waals surface area contributed by atoms with Gasteiger partial charge in [-0.1, -0.05) is 46.2 Å². The van der Waals surface area contributed by atoms with Crippen LogP contribution in [0, 0.1) is 6.92 Å². The molecular formula is C12H19ClN2. The summed E-state index contributed by atoms with van der Waals surface area (Å²) in [6.45, 7) is 12.5. The summed E-state index contributed by atoms with van der Waals surface area (Å²) in [5.41, 5.74) is 2.00. The number of rotatable bonds is 1. The number of nitrogens with zero attached hydrogens (tertiary/aromatic N) is 2. The molecule has 2 nitrogen and oxygen atoms in total. The molecule has 1 heterocycles. The first-order valence-corrected chi connectivity index (χ1v) is 5.65. The van der Waals surface area contributed by atoms with Gasteiger partial charge in [0, 0.05) is 16.7 Å². The fourth-order valence-electron chi connectivity index (χ4n) is 1.54. The SMILES string of the molecule is Cc1nc(C(C)(C)C)nc(Cl)c1C(C)C. The predicted octanol–water partition coefficient (Wildman–Crippen LogP) is 3.86. The molecule has 0 fully saturated rings. The van der Waals surface area contributed by atoms with Gasteiger partial charge < -0.3 is 0 Å². The van der Waals surface area contributed by atoms with Gasteiger partial charge in [0.1, 0.15) is 11.0 Å². The highest BCUT2D eigenvalue weighted by Crippen LogP contribution is 2.28. The molecule has 0 amide bonds. The highest BCUT2D eigenvalue weighted by atomic mass is 35.5. The Morgan fingerprint density at radius 2 is 1.67 bits per heavy atom. The minimum atomic E-state index is -0.0517. The van der Waals surface area contributed by atoms with E-state index in [9.17, 15) is 0 Å². The first-order valence-electron chi connectivity index (χ1n) is 5.28. The van der Waals surface area contributed by atoms with Gasteiger partial charge in [-0.15, -0.1) is 0 Å². The molecule has 1 rings (SSSR count). The van der Waals surface area contributed by atoms with Crippen LogP contribution in [0.15, 0.2) is 0 Å². The van der Waals surface area contributed by atoms with Crippen molar-refractivity contribution in [1.29, 1.82) is 0 Å². The van der Waals surface area contributed by atoms with Gasteiger partial charge in [-0.2, -0.15) is 0 Å². The summed E-state index contributed by atoms with van der Waals surface area (Å²) in [4.78, 5) is 8.91. The molecule has 15 heavy (non-hydrogen) atoms. The summed E-state index contributed by atoms with van der Waals surface area (Å²) in [6.07, 6.45) is 0. The number of aromatic nitrogens is 2. The predicted molar refractivity (Wildman–Crippen MR) is 64.6 cm³/mol. The third-order valence-electron chi connectivity index (χ3n) is 2.34. The minimum absolute atomic E-state index is 0.0517. The lowest BCUT2D eigenvalue weighted by Crippen LogP contribution is -2.18. The molecule has 0 radical (unpaired) electrons. The van der Waals surface area contributed by atoms with E-state index >= 15 is 0 Å². The van der Waals surface area contributed by atoms with Gasteiger partial charge in [0.05, 0.1) is 0 Å². The summed E-state index contributed by atoms with van der Waals surface area (Å²) < 4.78 is 0. The smallest absolute Gasteiger partial charge is 0.136 e. The van der Waals surface area contributed by atoms with E-state index in [1.165, 1.54) is 0 Å². The molecule has 1 aromatic rings. The molecular weight excluding hydrogens is 208 g/mol. The molecule has 0 spiro atoms. The molecule has 0 unspecified atom stereocenters. The second kappa shape index (κ2) is 4.09. The molecule has 3 heteroatoms. The van der Waals surface area contributed by atoms with E-state index < -0.39 is 0 Å². The van der Waals surface area contributed by atoms with E-state index in [0.717, 1.165) is 17.1 Å². The Morgan fingerprint density at radius 1 is 1.13 bits per heavy atom. The summed E-state index contributed by atoms with van der Waals surface area (Å²) in [5.74, 6) is 1.18. The number of aryl methyl sites for hydroxylation is 1. The maximum atomic E-state index is 6.18. The monoisotopic (exact) mass is 226 g/mol. The zero-order chi connectivity index (χ0) is 11.8. The maximum Gasteiger partial charge on any atom is 0.136 e. The lowest BCUT2D eigenvalue weighted by molar-refractivity contribution is 0.540. The second-order valence-electron chi connectivity index (χ2n) is 5.24.